The Morgan fingerprint density at radius 3 is 2.76 bits per heavy atom. The van der Waals surface area contributed by atoms with Crippen LogP contribution in [0.4, 0.5) is 0 Å². The number of nitrogens with zero attached hydrogens (tertiary/aromatic N) is 1. The zero-order chi connectivity index (χ0) is 12.0. The molecule has 5 nitrogen and oxygen atoms in total. The van der Waals surface area contributed by atoms with Gasteiger partial charge < -0.3 is 18.9 Å². The quantitative estimate of drug-likeness (QED) is 0.674. The Morgan fingerprint density at radius 1 is 1.18 bits per heavy atom. The Hall–Kier alpha value is -0.200. The van der Waals surface area contributed by atoms with Crippen LogP contribution in [-0.4, -0.2) is 62.0 Å². The Kier molecular flexibility index (Phi) is 3.13. The average molecular weight is 243 g/mol. The lowest BCUT2D eigenvalue weighted by Crippen LogP contribution is -2.53. The Bertz CT molecular complexity index is 288. The second kappa shape index (κ2) is 4.48. The van der Waals surface area contributed by atoms with Gasteiger partial charge in [-0.1, -0.05) is 0 Å². The monoisotopic (exact) mass is 243 g/mol. The van der Waals surface area contributed by atoms with Crippen molar-refractivity contribution in [2.45, 2.75) is 57.1 Å². The second-order valence-electron chi connectivity index (χ2n) is 5.11. The maximum atomic E-state index is 6.11. The molecule has 3 aliphatic heterocycles. The summed E-state index contributed by atoms with van der Waals surface area (Å²) in [5.74, 6) is 0. The van der Waals surface area contributed by atoms with E-state index in [0.717, 1.165) is 19.6 Å². The third-order valence-electron chi connectivity index (χ3n) is 4.09. The van der Waals surface area contributed by atoms with Crippen molar-refractivity contribution < 1.29 is 18.9 Å². The molecule has 0 spiro atoms. The zero-order valence-corrected chi connectivity index (χ0v) is 10.7. The summed E-state index contributed by atoms with van der Waals surface area (Å²) >= 11 is 0. The highest BCUT2D eigenvalue weighted by molar-refractivity contribution is 4.98. The number of methoxy groups -OCH3 is 1. The van der Waals surface area contributed by atoms with Crippen molar-refractivity contribution in [2.75, 3.05) is 20.3 Å². The van der Waals surface area contributed by atoms with Crippen LogP contribution in [-0.2, 0) is 18.9 Å². The standard InChI is InChI=1S/C12H21NO4/c1-7-11-9(6-10(14-3)16-7)13-4-5-15-8(2)12(13)17-11/h7-12H,4-6H2,1-3H3/t7?,8?,9?,10-,11?,12?/m1/s1. The van der Waals surface area contributed by atoms with Gasteiger partial charge >= 0.3 is 0 Å². The molecule has 0 saturated carbocycles. The van der Waals surface area contributed by atoms with Crippen LogP contribution >= 0.6 is 0 Å². The maximum absolute atomic E-state index is 6.11. The predicted octanol–water partition coefficient (Wildman–Crippen LogP) is 0.582. The van der Waals surface area contributed by atoms with Crippen molar-refractivity contribution in [1.29, 1.82) is 0 Å². The molecule has 0 N–H and O–H groups in total. The largest absolute Gasteiger partial charge is 0.373 e. The number of morpholine rings is 1. The van der Waals surface area contributed by atoms with Crippen molar-refractivity contribution in [2.24, 2.45) is 0 Å². The SMILES string of the molecule is CO[C@H]1CC2C(OC3C(C)OCCN23)C(C)O1. The normalized spacial score (nSPS) is 51.0. The first kappa shape index (κ1) is 11.9. The minimum absolute atomic E-state index is 0.0801. The molecule has 0 aromatic rings. The van der Waals surface area contributed by atoms with E-state index in [9.17, 15) is 0 Å². The zero-order valence-electron chi connectivity index (χ0n) is 10.7. The number of hydrogen-bond acceptors (Lipinski definition) is 5. The molecule has 3 fully saturated rings. The number of hydrogen-bond donors (Lipinski definition) is 0. The van der Waals surface area contributed by atoms with Gasteiger partial charge in [-0.05, 0) is 13.8 Å². The van der Waals surface area contributed by atoms with Crippen molar-refractivity contribution in [3.63, 3.8) is 0 Å². The van der Waals surface area contributed by atoms with Crippen LogP contribution in [0, 0.1) is 0 Å². The summed E-state index contributed by atoms with van der Waals surface area (Å²) in [5.41, 5.74) is 0. The number of rotatable bonds is 1. The summed E-state index contributed by atoms with van der Waals surface area (Å²) in [7, 11) is 1.70. The predicted molar refractivity (Wildman–Crippen MR) is 60.5 cm³/mol. The molecule has 0 bridgehead atoms. The van der Waals surface area contributed by atoms with Crippen LogP contribution in [0.25, 0.3) is 0 Å². The van der Waals surface area contributed by atoms with Crippen LogP contribution in [0.15, 0.2) is 0 Å². The molecule has 0 amide bonds. The van der Waals surface area contributed by atoms with Crippen molar-refractivity contribution in [3.8, 4) is 0 Å². The van der Waals surface area contributed by atoms with Gasteiger partial charge in [0.2, 0.25) is 0 Å². The van der Waals surface area contributed by atoms with E-state index in [1.165, 1.54) is 0 Å². The van der Waals surface area contributed by atoms with Gasteiger partial charge in [0.15, 0.2) is 6.29 Å². The van der Waals surface area contributed by atoms with Gasteiger partial charge in [0.05, 0.1) is 18.8 Å². The Labute approximate surface area is 102 Å². The van der Waals surface area contributed by atoms with Crippen LogP contribution in [0.3, 0.4) is 0 Å². The Balaban J connectivity index is 1.79. The van der Waals surface area contributed by atoms with Crippen molar-refractivity contribution in [1.82, 2.24) is 4.90 Å². The van der Waals surface area contributed by atoms with Crippen LogP contribution < -0.4 is 0 Å². The summed E-state index contributed by atoms with van der Waals surface area (Å²) in [6, 6.07) is 0.403. The maximum Gasteiger partial charge on any atom is 0.159 e. The molecule has 3 rings (SSSR count). The van der Waals surface area contributed by atoms with Crippen molar-refractivity contribution in [3.05, 3.63) is 0 Å². The fraction of sp³-hybridized carbons (Fsp3) is 1.00. The number of fused-ring (bicyclic) bond motifs is 3. The minimum atomic E-state index is -0.105. The van der Waals surface area contributed by atoms with Gasteiger partial charge in [0, 0.05) is 26.1 Å². The first-order chi connectivity index (χ1) is 8.20. The van der Waals surface area contributed by atoms with E-state index in [1.807, 2.05) is 0 Å². The van der Waals surface area contributed by atoms with E-state index < -0.39 is 0 Å². The molecule has 5 heteroatoms. The second-order valence-corrected chi connectivity index (χ2v) is 5.11. The van der Waals surface area contributed by atoms with Crippen LogP contribution in [0.5, 0.6) is 0 Å². The van der Waals surface area contributed by atoms with Gasteiger partial charge in [0.25, 0.3) is 0 Å². The van der Waals surface area contributed by atoms with Gasteiger partial charge in [-0.25, -0.2) is 0 Å². The molecule has 3 saturated heterocycles. The summed E-state index contributed by atoms with van der Waals surface area (Å²) < 4.78 is 22.9. The fourth-order valence-electron chi connectivity index (χ4n) is 3.22. The fourth-order valence-corrected chi connectivity index (χ4v) is 3.22. The van der Waals surface area contributed by atoms with E-state index in [0.29, 0.717) is 6.04 Å². The van der Waals surface area contributed by atoms with Gasteiger partial charge in [-0.2, -0.15) is 0 Å². The molecule has 6 atom stereocenters. The van der Waals surface area contributed by atoms with E-state index in [1.54, 1.807) is 7.11 Å². The molecule has 0 radical (unpaired) electrons. The highest BCUT2D eigenvalue weighted by Crippen LogP contribution is 2.37. The highest BCUT2D eigenvalue weighted by atomic mass is 16.7. The molecular weight excluding hydrogens is 222 g/mol. The topological polar surface area (TPSA) is 40.2 Å². The molecule has 3 aliphatic rings. The third-order valence-corrected chi connectivity index (χ3v) is 4.09. The van der Waals surface area contributed by atoms with Crippen LogP contribution in [0.1, 0.15) is 20.3 Å². The summed E-state index contributed by atoms with van der Waals surface area (Å²) in [6.45, 7) is 5.87. The molecule has 0 aliphatic carbocycles. The highest BCUT2D eigenvalue weighted by Gasteiger charge is 2.51. The van der Waals surface area contributed by atoms with Gasteiger partial charge in [0.1, 0.15) is 12.3 Å². The molecule has 0 aromatic heterocycles. The van der Waals surface area contributed by atoms with Gasteiger partial charge in [-0.15, -0.1) is 0 Å². The summed E-state index contributed by atoms with van der Waals surface area (Å²) in [5, 5.41) is 0. The first-order valence-electron chi connectivity index (χ1n) is 6.41. The van der Waals surface area contributed by atoms with E-state index in [2.05, 4.69) is 18.7 Å². The van der Waals surface area contributed by atoms with E-state index >= 15 is 0 Å². The van der Waals surface area contributed by atoms with E-state index in [-0.39, 0.29) is 30.8 Å². The third kappa shape index (κ3) is 1.90. The summed E-state index contributed by atoms with van der Waals surface area (Å²) in [6.07, 6.45) is 1.23. The molecule has 17 heavy (non-hydrogen) atoms. The molecule has 5 unspecified atom stereocenters. The molecular formula is C12H21NO4. The average Bonchev–Trinajstić information content (AvgIpc) is 2.70. The lowest BCUT2D eigenvalue weighted by atomic mass is 9.99. The molecule has 3 heterocycles. The van der Waals surface area contributed by atoms with E-state index in [4.69, 9.17) is 18.9 Å². The Morgan fingerprint density at radius 2 is 2.00 bits per heavy atom. The van der Waals surface area contributed by atoms with Crippen LogP contribution in [0.2, 0.25) is 0 Å². The number of ether oxygens (including phenoxy) is 4. The lowest BCUT2D eigenvalue weighted by Gasteiger charge is -2.39. The first-order valence-corrected chi connectivity index (χ1v) is 6.41. The molecule has 0 aromatic carbocycles. The van der Waals surface area contributed by atoms with Gasteiger partial charge in [-0.3, -0.25) is 4.90 Å². The minimum Gasteiger partial charge on any atom is -0.373 e. The summed E-state index contributed by atoms with van der Waals surface area (Å²) in [4.78, 5) is 2.42. The smallest absolute Gasteiger partial charge is 0.159 e. The van der Waals surface area contributed by atoms with Crippen molar-refractivity contribution >= 4 is 0 Å². The lowest BCUT2D eigenvalue weighted by molar-refractivity contribution is -0.213. The molecule has 98 valence electrons.